The summed E-state index contributed by atoms with van der Waals surface area (Å²) >= 11 is 0. The average molecular weight is 292 g/mol. The van der Waals surface area contributed by atoms with Crippen LogP contribution in [0.2, 0.25) is 0 Å². The minimum atomic E-state index is -0.321. The van der Waals surface area contributed by atoms with Gasteiger partial charge in [-0.25, -0.2) is 0 Å². The zero-order valence-corrected chi connectivity index (χ0v) is 12.0. The summed E-state index contributed by atoms with van der Waals surface area (Å²) in [4.78, 5) is 14.4. The van der Waals surface area contributed by atoms with Gasteiger partial charge in [-0.3, -0.25) is 4.79 Å². The van der Waals surface area contributed by atoms with Crippen molar-refractivity contribution in [3.8, 4) is 11.5 Å². The van der Waals surface area contributed by atoms with Crippen LogP contribution < -0.4 is 15.2 Å². The number of anilines is 1. The van der Waals surface area contributed by atoms with Crippen LogP contribution in [0, 0.1) is 5.92 Å². The number of aliphatic hydroxyl groups excluding tert-OH is 1. The Bertz CT molecular complexity index is 551. The van der Waals surface area contributed by atoms with Crippen LogP contribution in [0.5, 0.6) is 11.5 Å². The van der Waals surface area contributed by atoms with E-state index in [-0.39, 0.29) is 24.7 Å². The lowest BCUT2D eigenvalue weighted by Crippen LogP contribution is -2.40. The summed E-state index contributed by atoms with van der Waals surface area (Å²) in [5.41, 5.74) is 6.81. The fourth-order valence-corrected chi connectivity index (χ4v) is 2.90. The fraction of sp³-hybridized carbons (Fsp3) is 0.533. The molecular weight excluding hydrogens is 272 g/mol. The fourth-order valence-electron chi connectivity index (χ4n) is 2.90. The van der Waals surface area contributed by atoms with Crippen molar-refractivity contribution in [3.63, 3.8) is 0 Å². The van der Waals surface area contributed by atoms with Gasteiger partial charge < -0.3 is 25.2 Å². The summed E-state index contributed by atoms with van der Waals surface area (Å²) in [6, 6.07) is 3.29. The van der Waals surface area contributed by atoms with Gasteiger partial charge >= 0.3 is 0 Å². The summed E-state index contributed by atoms with van der Waals surface area (Å²) in [6.45, 7) is 3.24. The molecule has 1 fully saturated rings. The Kier molecular flexibility index (Phi) is 3.63. The first kappa shape index (κ1) is 14.0. The van der Waals surface area contributed by atoms with Gasteiger partial charge in [-0.2, -0.15) is 0 Å². The van der Waals surface area contributed by atoms with Crippen molar-refractivity contribution in [1.82, 2.24) is 4.90 Å². The van der Waals surface area contributed by atoms with Gasteiger partial charge in [-0.1, -0.05) is 0 Å². The molecule has 1 atom stereocenters. The number of nitrogens with zero attached hydrogens (tertiary/aromatic N) is 1. The van der Waals surface area contributed by atoms with Crippen LogP contribution in [0.1, 0.15) is 30.1 Å². The first-order valence-corrected chi connectivity index (χ1v) is 7.22. The maximum atomic E-state index is 12.6. The van der Waals surface area contributed by atoms with Gasteiger partial charge in [-0.05, 0) is 31.7 Å². The first-order chi connectivity index (χ1) is 10.1. The largest absolute Gasteiger partial charge is 0.454 e. The van der Waals surface area contributed by atoms with E-state index in [4.69, 9.17) is 15.2 Å². The van der Waals surface area contributed by atoms with Gasteiger partial charge in [0.05, 0.1) is 11.7 Å². The number of nitrogens with two attached hydrogens (primary N) is 1. The predicted octanol–water partition coefficient (Wildman–Crippen LogP) is 1.23. The lowest BCUT2D eigenvalue weighted by molar-refractivity contribution is 0.0522. The quantitative estimate of drug-likeness (QED) is 0.801. The van der Waals surface area contributed by atoms with Crippen molar-refractivity contribution in [2.75, 3.05) is 25.6 Å². The molecule has 21 heavy (non-hydrogen) atoms. The molecule has 2 aliphatic rings. The summed E-state index contributed by atoms with van der Waals surface area (Å²) < 4.78 is 10.5. The molecule has 1 aromatic rings. The highest BCUT2D eigenvalue weighted by Gasteiger charge is 2.28. The molecule has 0 aliphatic carbocycles. The monoisotopic (exact) mass is 292 g/mol. The van der Waals surface area contributed by atoms with E-state index in [1.54, 1.807) is 24.0 Å². The van der Waals surface area contributed by atoms with Gasteiger partial charge in [0.25, 0.3) is 5.91 Å². The number of carbonyl (C=O) groups excluding carboxylic acids is 1. The molecule has 0 aromatic heterocycles. The number of aliphatic hydroxyl groups is 1. The Labute approximate surface area is 123 Å². The van der Waals surface area contributed by atoms with Crippen molar-refractivity contribution in [2.24, 2.45) is 5.92 Å². The molecule has 114 valence electrons. The number of rotatable bonds is 2. The number of amides is 1. The zero-order valence-electron chi connectivity index (χ0n) is 12.0. The molecule has 1 amide bonds. The first-order valence-electron chi connectivity index (χ1n) is 7.22. The highest BCUT2D eigenvalue weighted by atomic mass is 16.7. The van der Waals surface area contributed by atoms with Crippen LogP contribution in [-0.2, 0) is 0 Å². The summed E-state index contributed by atoms with van der Waals surface area (Å²) in [6.07, 6.45) is 1.31. The number of nitrogen functional groups attached to an aromatic ring is 1. The smallest absolute Gasteiger partial charge is 0.256 e. The molecule has 1 saturated heterocycles. The average Bonchev–Trinajstić information content (AvgIpc) is 2.93. The van der Waals surface area contributed by atoms with E-state index < -0.39 is 0 Å². The SMILES string of the molecule is CC(O)C1CCN(C(=O)c2cc3c(cc2N)OCO3)CC1. The van der Waals surface area contributed by atoms with Crippen molar-refractivity contribution in [1.29, 1.82) is 0 Å². The number of hydrogen-bond acceptors (Lipinski definition) is 5. The molecule has 2 aliphatic heterocycles. The van der Waals surface area contributed by atoms with Gasteiger partial charge in [0, 0.05) is 24.8 Å². The molecule has 0 saturated carbocycles. The number of hydrogen-bond donors (Lipinski definition) is 2. The predicted molar refractivity (Wildman–Crippen MR) is 77.3 cm³/mol. The molecule has 0 radical (unpaired) electrons. The third-order valence-corrected chi connectivity index (χ3v) is 4.28. The molecule has 6 nitrogen and oxygen atoms in total. The van der Waals surface area contributed by atoms with Crippen LogP contribution >= 0.6 is 0 Å². The van der Waals surface area contributed by atoms with Gasteiger partial charge in [-0.15, -0.1) is 0 Å². The normalized spacial score (nSPS) is 19.6. The van der Waals surface area contributed by atoms with Gasteiger partial charge in [0.2, 0.25) is 6.79 Å². The summed E-state index contributed by atoms with van der Waals surface area (Å²) in [7, 11) is 0. The molecule has 1 unspecified atom stereocenters. The standard InChI is InChI=1S/C15H20N2O4/c1-9(18)10-2-4-17(5-3-10)15(19)11-6-13-14(7-12(11)16)21-8-20-13/h6-7,9-10,18H,2-5,8,16H2,1H3. The zero-order chi connectivity index (χ0) is 15.0. The summed E-state index contributed by atoms with van der Waals surface area (Å²) in [5.74, 6) is 1.32. The summed E-state index contributed by atoms with van der Waals surface area (Å²) in [5, 5.41) is 9.62. The number of piperidine rings is 1. The molecule has 0 bridgehead atoms. The van der Waals surface area contributed by atoms with Crippen molar-refractivity contribution in [2.45, 2.75) is 25.9 Å². The van der Waals surface area contributed by atoms with E-state index in [1.807, 2.05) is 0 Å². The molecule has 2 heterocycles. The van der Waals surface area contributed by atoms with Crippen LogP contribution in [0.25, 0.3) is 0 Å². The highest BCUT2D eigenvalue weighted by molar-refractivity contribution is 6.00. The lowest BCUT2D eigenvalue weighted by Gasteiger charge is -2.33. The molecule has 3 rings (SSSR count). The third-order valence-electron chi connectivity index (χ3n) is 4.28. The Morgan fingerprint density at radius 2 is 1.95 bits per heavy atom. The van der Waals surface area contributed by atoms with E-state index in [2.05, 4.69) is 0 Å². The van der Waals surface area contributed by atoms with Crippen molar-refractivity contribution in [3.05, 3.63) is 17.7 Å². The topological polar surface area (TPSA) is 85.0 Å². The lowest BCUT2D eigenvalue weighted by atomic mass is 9.92. The Balaban J connectivity index is 1.74. The number of benzene rings is 1. The van der Waals surface area contributed by atoms with Crippen LogP contribution in [0.15, 0.2) is 12.1 Å². The van der Waals surface area contributed by atoms with E-state index in [0.29, 0.717) is 35.8 Å². The number of likely N-dealkylation sites (tertiary alicyclic amines) is 1. The third kappa shape index (κ3) is 2.63. The minimum Gasteiger partial charge on any atom is -0.454 e. The van der Waals surface area contributed by atoms with E-state index in [9.17, 15) is 9.90 Å². The molecule has 3 N–H and O–H groups in total. The number of ether oxygens (including phenoxy) is 2. The second kappa shape index (κ2) is 5.44. The molecule has 1 aromatic carbocycles. The molecule has 6 heteroatoms. The maximum absolute atomic E-state index is 12.6. The van der Waals surface area contributed by atoms with E-state index in [0.717, 1.165) is 12.8 Å². The Hall–Kier alpha value is -1.95. The van der Waals surface area contributed by atoms with E-state index >= 15 is 0 Å². The van der Waals surface area contributed by atoms with Gasteiger partial charge in [0.15, 0.2) is 11.5 Å². The number of fused-ring (bicyclic) bond motifs is 1. The Morgan fingerprint density at radius 1 is 1.33 bits per heavy atom. The van der Waals surface area contributed by atoms with E-state index in [1.165, 1.54) is 0 Å². The second-order valence-electron chi connectivity index (χ2n) is 5.66. The Morgan fingerprint density at radius 3 is 2.57 bits per heavy atom. The van der Waals surface area contributed by atoms with Crippen LogP contribution in [-0.4, -0.2) is 41.9 Å². The molecular formula is C15H20N2O4. The molecule has 0 spiro atoms. The van der Waals surface area contributed by atoms with Crippen molar-refractivity contribution < 1.29 is 19.4 Å². The van der Waals surface area contributed by atoms with Gasteiger partial charge in [0.1, 0.15) is 0 Å². The highest BCUT2D eigenvalue weighted by Crippen LogP contribution is 2.36. The second-order valence-corrected chi connectivity index (χ2v) is 5.66. The minimum absolute atomic E-state index is 0.0881. The van der Waals surface area contributed by atoms with Crippen molar-refractivity contribution >= 4 is 11.6 Å². The van der Waals surface area contributed by atoms with Crippen LogP contribution in [0.3, 0.4) is 0 Å². The maximum Gasteiger partial charge on any atom is 0.256 e. The number of carbonyl (C=O) groups is 1. The van der Waals surface area contributed by atoms with Crippen LogP contribution in [0.4, 0.5) is 5.69 Å².